The van der Waals surface area contributed by atoms with Crippen LogP contribution in [-0.4, -0.2) is 22.4 Å². The molecule has 0 spiro atoms. The molecule has 2 heterocycles. The Hall–Kier alpha value is -1.40. The third-order valence-corrected chi connectivity index (χ3v) is 6.78. The first-order chi connectivity index (χ1) is 11.3. The minimum Gasteiger partial charge on any atom is -0.490 e. The molecule has 1 aliphatic heterocycles. The van der Waals surface area contributed by atoms with Crippen LogP contribution in [0.4, 0.5) is 0 Å². The van der Waals surface area contributed by atoms with Gasteiger partial charge in [-0.1, -0.05) is 0 Å². The topological polar surface area (TPSA) is 48.4 Å². The highest BCUT2D eigenvalue weighted by Crippen LogP contribution is 2.33. The van der Waals surface area contributed by atoms with E-state index < -0.39 is 10.8 Å². The molecular formula is C17H19NO3S2. The normalized spacial score (nSPS) is 18.1. The Kier molecular flexibility index (Phi) is 4.35. The molecule has 1 unspecified atom stereocenters. The number of nitrogens with zero attached hydrogens (tertiary/aromatic N) is 1. The first-order valence-electron chi connectivity index (χ1n) is 8.05. The Labute approximate surface area is 142 Å². The van der Waals surface area contributed by atoms with E-state index in [1.54, 1.807) is 11.3 Å². The molecule has 0 fully saturated rings. The molecule has 23 heavy (non-hydrogen) atoms. The lowest BCUT2D eigenvalue weighted by Gasteiger charge is -2.08. The van der Waals surface area contributed by atoms with E-state index >= 15 is 0 Å². The maximum absolute atomic E-state index is 12.7. The molecule has 1 atom stereocenters. The molecule has 122 valence electrons. The van der Waals surface area contributed by atoms with Gasteiger partial charge < -0.3 is 9.47 Å². The second-order valence-electron chi connectivity index (χ2n) is 5.83. The monoisotopic (exact) mass is 349 g/mol. The van der Waals surface area contributed by atoms with Crippen molar-refractivity contribution in [3.05, 3.63) is 33.8 Å². The van der Waals surface area contributed by atoms with Crippen molar-refractivity contribution < 1.29 is 13.7 Å². The molecule has 1 aromatic heterocycles. The van der Waals surface area contributed by atoms with Crippen molar-refractivity contribution in [2.75, 3.05) is 13.2 Å². The summed E-state index contributed by atoms with van der Waals surface area (Å²) in [5, 5.41) is 0.988. The predicted molar refractivity (Wildman–Crippen MR) is 90.9 cm³/mol. The van der Waals surface area contributed by atoms with E-state index in [-0.39, 0.29) is 0 Å². The second-order valence-corrected chi connectivity index (χ2v) is 8.45. The largest absolute Gasteiger partial charge is 0.490 e. The average molecular weight is 349 g/mol. The van der Waals surface area contributed by atoms with Gasteiger partial charge in [-0.05, 0) is 37.8 Å². The summed E-state index contributed by atoms with van der Waals surface area (Å²) in [7, 11) is -1.10. The number of thiazole rings is 1. The Morgan fingerprint density at radius 2 is 1.91 bits per heavy atom. The fraction of sp³-hybridized carbons (Fsp3) is 0.471. The molecule has 1 aliphatic carbocycles. The van der Waals surface area contributed by atoms with E-state index in [0.29, 0.717) is 24.7 Å². The lowest BCUT2D eigenvalue weighted by molar-refractivity contribution is 0.297. The number of ether oxygens (including phenoxy) is 2. The molecule has 0 bridgehead atoms. The smallest absolute Gasteiger partial charge is 0.162 e. The van der Waals surface area contributed by atoms with Gasteiger partial charge in [0.15, 0.2) is 11.5 Å². The highest BCUT2D eigenvalue weighted by atomic mass is 32.2. The van der Waals surface area contributed by atoms with Crippen molar-refractivity contribution in [1.82, 2.24) is 4.98 Å². The molecule has 0 amide bonds. The molecule has 4 nitrogen and oxygen atoms in total. The number of fused-ring (bicyclic) bond motifs is 2. The van der Waals surface area contributed by atoms with Crippen LogP contribution in [0.1, 0.15) is 34.8 Å². The third-order valence-electron chi connectivity index (χ3n) is 4.13. The Balaban J connectivity index is 1.52. The molecule has 0 N–H and O–H groups in total. The van der Waals surface area contributed by atoms with E-state index in [1.165, 1.54) is 23.4 Å². The van der Waals surface area contributed by atoms with E-state index in [0.717, 1.165) is 34.9 Å². The van der Waals surface area contributed by atoms with Crippen LogP contribution in [0, 0.1) is 0 Å². The molecule has 0 radical (unpaired) electrons. The summed E-state index contributed by atoms with van der Waals surface area (Å²) in [6, 6.07) is 5.59. The van der Waals surface area contributed by atoms with Gasteiger partial charge in [0.25, 0.3) is 0 Å². The van der Waals surface area contributed by atoms with Crippen LogP contribution in [0.3, 0.4) is 0 Å². The molecule has 1 aromatic carbocycles. The van der Waals surface area contributed by atoms with Crippen molar-refractivity contribution in [2.45, 2.75) is 42.8 Å². The van der Waals surface area contributed by atoms with Gasteiger partial charge in [-0.25, -0.2) is 4.98 Å². The maximum atomic E-state index is 12.7. The molecule has 2 aliphatic rings. The maximum Gasteiger partial charge on any atom is 0.162 e. The number of aryl methyl sites for hydroxylation is 2. The van der Waals surface area contributed by atoms with Gasteiger partial charge in [-0.2, -0.15) is 0 Å². The Morgan fingerprint density at radius 1 is 1.09 bits per heavy atom. The lowest BCUT2D eigenvalue weighted by atomic mass is 10.0. The van der Waals surface area contributed by atoms with E-state index in [1.807, 2.05) is 18.2 Å². The first-order valence-corrected chi connectivity index (χ1v) is 10.2. The van der Waals surface area contributed by atoms with Crippen LogP contribution >= 0.6 is 11.3 Å². The minimum atomic E-state index is -1.10. The highest BCUT2D eigenvalue weighted by Gasteiger charge is 2.18. The number of hydrogen-bond donors (Lipinski definition) is 0. The number of aromatic nitrogens is 1. The minimum absolute atomic E-state index is 0.483. The van der Waals surface area contributed by atoms with E-state index in [9.17, 15) is 4.21 Å². The van der Waals surface area contributed by atoms with Crippen LogP contribution in [0.2, 0.25) is 0 Å². The summed E-state index contributed by atoms with van der Waals surface area (Å²) in [6.45, 7) is 1.31. The van der Waals surface area contributed by atoms with E-state index in [2.05, 4.69) is 4.98 Å². The first kappa shape index (κ1) is 15.1. The third kappa shape index (κ3) is 3.28. The Morgan fingerprint density at radius 3 is 2.78 bits per heavy atom. The molecule has 0 saturated heterocycles. The lowest BCUT2D eigenvalue weighted by Crippen LogP contribution is -2.00. The van der Waals surface area contributed by atoms with Crippen molar-refractivity contribution in [3.8, 4) is 11.5 Å². The van der Waals surface area contributed by atoms with Gasteiger partial charge >= 0.3 is 0 Å². The predicted octanol–water partition coefficient (Wildman–Crippen LogP) is 3.49. The standard InChI is InChI=1S/C17H19NO3S2/c19-23(11-17-18-13-4-1-2-5-16(13)22-17)12-6-7-14-15(10-12)21-9-3-8-20-14/h6-7,10H,1-5,8-9,11H2. The zero-order valence-corrected chi connectivity index (χ0v) is 14.5. The summed E-state index contributed by atoms with van der Waals surface area (Å²) >= 11 is 1.73. The SMILES string of the molecule is O=S(Cc1nc2c(s1)CCCC2)c1ccc2c(c1)OCCCO2. The van der Waals surface area contributed by atoms with Gasteiger partial charge in [-0.3, -0.25) is 4.21 Å². The summed E-state index contributed by atoms with van der Waals surface area (Å²) in [5.74, 6) is 1.93. The molecule has 2 aromatic rings. The van der Waals surface area contributed by atoms with Gasteiger partial charge in [0.2, 0.25) is 0 Å². The molecular weight excluding hydrogens is 330 g/mol. The quantitative estimate of drug-likeness (QED) is 0.851. The molecule has 6 heteroatoms. The molecule has 0 saturated carbocycles. The number of hydrogen-bond acceptors (Lipinski definition) is 5. The second kappa shape index (κ2) is 6.61. The van der Waals surface area contributed by atoms with Crippen molar-refractivity contribution in [3.63, 3.8) is 0 Å². The highest BCUT2D eigenvalue weighted by molar-refractivity contribution is 7.84. The van der Waals surface area contributed by atoms with Gasteiger partial charge in [0.05, 0.1) is 35.5 Å². The summed E-state index contributed by atoms with van der Waals surface area (Å²) < 4.78 is 24.0. The molecule has 4 rings (SSSR count). The summed E-state index contributed by atoms with van der Waals surface area (Å²) in [5.41, 5.74) is 1.23. The van der Waals surface area contributed by atoms with Crippen LogP contribution in [0.15, 0.2) is 23.1 Å². The average Bonchev–Trinajstić information content (AvgIpc) is 2.82. The number of benzene rings is 1. The van der Waals surface area contributed by atoms with E-state index in [4.69, 9.17) is 9.47 Å². The van der Waals surface area contributed by atoms with Crippen molar-refractivity contribution in [2.24, 2.45) is 0 Å². The van der Waals surface area contributed by atoms with Crippen LogP contribution < -0.4 is 9.47 Å². The van der Waals surface area contributed by atoms with Crippen LogP contribution in [-0.2, 0) is 29.4 Å². The summed E-state index contributed by atoms with van der Waals surface area (Å²) in [6.07, 6.45) is 5.55. The fourth-order valence-electron chi connectivity index (χ4n) is 2.95. The fourth-order valence-corrected chi connectivity index (χ4v) is 5.37. The van der Waals surface area contributed by atoms with Crippen LogP contribution in [0.5, 0.6) is 11.5 Å². The zero-order valence-electron chi connectivity index (χ0n) is 12.9. The van der Waals surface area contributed by atoms with Crippen molar-refractivity contribution >= 4 is 22.1 Å². The Bertz CT molecular complexity index is 718. The summed E-state index contributed by atoms with van der Waals surface area (Å²) in [4.78, 5) is 6.86. The zero-order chi connectivity index (χ0) is 15.6. The van der Waals surface area contributed by atoms with Gasteiger partial charge in [0, 0.05) is 22.3 Å². The van der Waals surface area contributed by atoms with Gasteiger partial charge in [0.1, 0.15) is 5.01 Å². The number of rotatable bonds is 3. The van der Waals surface area contributed by atoms with Crippen LogP contribution in [0.25, 0.3) is 0 Å². The van der Waals surface area contributed by atoms with Crippen molar-refractivity contribution in [1.29, 1.82) is 0 Å². The van der Waals surface area contributed by atoms with Gasteiger partial charge in [-0.15, -0.1) is 11.3 Å².